The largest absolute Gasteiger partial charge is 0.493 e. The molecule has 1 aliphatic heterocycles. The van der Waals surface area contributed by atoms with Gasteiger partial charge in [0.2, 0.25) is 11.7 Å². The van der Waals surface area contributed by atoms with Gasteiger partial charge in [0.15, 0.2) is 11.5 Å². The predicted octanol–water partition coefficient (Wildman–Crippen LogP) is 2.26. The first-order chi connectivity index (χ1) is 16.9. The van der Waals surface area contributed by atoms with E-state index in [-0.39, 0.29) is 24.0 Å². The standard InChI is InChI=1S/C25H32N4O6/c1-15-18(8-9-22(30)26-14-17-7-6-10-35-17)25(31)29-23(28(15)2)13-19(27-29)16-11-20(32-3)24(34-5)21(12-16)33-4/h11-13,17H,6-10,14H2,1-5H3,(H,26,30)/t17-/m0/s1. The number of nitrogens with one attached hydrogen (secondary N) is 1. The van der Waals surface area contributed by atoms with E-state index in [0.717, 1.165) is 30.7 Å². The summed E-state index contributed by atoms with van der Waals surface area (Å²) < 4.78 is 25.1. The molecule has 0 radical (unpaired) electrons. The Bertz CT molecular complexity index is 1260. The molecular weight excluding hydrogens is 452 g/mol. The van der Waals surface area contributed by atoms with Crippen molar-refractivity contribution in [3.63, 3.8) is 0 Å². The van der Waals surface area contributed by atoms with E-state index in [2.05, 4.69) is 10.4 Å². The van der Waals surface area contributed by atoms with Crippen LogP contribution < -0.4 is 25.1 Å². The summed E-state index contributed by atoms with van der Waals surface area (Å²) in [5.41, 5.74) is 3.07. The fourth-order valence-electron chi connectivity index (χ4n) is 4.43. The average Bonchev–Trinajstić information content (AvgIpc) is 3.55. The zero-order valence-corrected chi connectivity index (χ0v) is 20.8. The summed E-state index contributed by atoms with van der Waals surface area (Å²) in [6, 6.07) is 5.42. The zero-order chi connectivity index (χ0) is 25.1. The number of hydrogen-bond acceptors (Lipinski definition) is 7. The Morgan fingerprint density at radius 3 is 2.49 bits per heavy atom. The van der Waals surface area contributed by atoms with Gasteiger partial charge in [0.1, 0.15) is 5.65 Å². The molecule has 2 aromatic heterocycles. The minimum absolute atomic E-state index is 0.0857. The van der Waals surface area contributed by atoms with Crippen LogP contribution in [-0.4, -0.2) is 60.7 Å². The zero-order valence-electron chi connectivity index (χ0n) is 20.8. The van der Waals surface area contributed by atoms with Crippen molar-refractivity contribution in [2.45, 2.75) is 38.7 Å². The monoisotopic (exact) mass is 484 g/mol. The Kier molecular flexibility index (Phi) is 7.30. The number of ether oxygens (including phenoxy) is 4. The highest BCUT2D eigenvalue weighted by molar-refractivity contribution is 5.76. The van der Waals surface area contributed by atoms with E-state index in [1.54, 1.807) is 33.5 Å². The summed E-state index contributed by atoms with van der Waals surface area (Å²) in [4.78, 5) is 25.7. The Hall–Kier alpha value is -3.53. The Balaban J connectivity index is 1.62. The maximum absolute atomic E-state index is 13.3. The van der Waals surface area contributed by atoms with Crippen LogP contribution in [0.1, 0.15) is 30.5 Å². The highest BCUT2D eigenvalue weighted by atomic mass is 16.5. The van der Waals surface area contributed by atoms with Gasteiger partial charge in [-0.25, -0.2) is 0 Å². The number of hydrogen-bond donors (Lipinski definition) is 1. The van der Waals surface area contributed by atoms with Crippen molar-refractivity contribution in [3.8, 4) is 28.5 Å². The number of methoxy groups -OCH3 is 3. The Morgan fingerprint density at radius 1 is 1.17 bits per heavy atom. The molecule has 188 valence electrons. The average molecular weight is 485 g/mol. The second-order valence-electron chi connectivity index (χ2n) is 8.58. The van der Waals surface area contributed by atoms with Gasteiger partial charge in [0.05, 0.1) is 33.1 Å². The number of aryl methyl sites for hydroxylation is 1. The molecule has 3 heterocycles. The molecule has 0 spiro atoms. The van der Waals surface area contributed by atoms with Crippen LogP contribution in [-0.2, 0) is 23.0 Å². The molecule has 0 saturated carbocycles. The van der Waals surface area contributed by atoms with Gasteiger partial charge in [-0.05, 0) is 38.3 Å². The lowest BCUT2D eigenvalue weighted by molar-refractivity contribution is -0.121. The molecule has 3 aromatic rings. The van der Waals surface area contributed by atoms with Crippen molar-refractivity contribution < 1.29 is 23.7 Å². The first-order valence-corrected chi connectivity index (χ1v) is 11.6. The number of carbonyl (C=O) groups is 1. The van der Waals surface area contributed by atoms with Crippen LogP contribution in [0, 0.1) is 6.92 Å². The van der Waals surface area contributed by atoms with Gasteiger partial charge in [-0.3, -0.25) is 9.59 Å². The normalized spacial score (nSPS) is 15.4. The van der Waals surface area contributed by atoms with Crippen LogP contribution in [0.3, 0.4) is 0 Å². The van der Waals surface area contributed by atoms with Gasteiger partial charge in [-0.1, -0.05) is 0 Å². The molecule has 1 aliphatic rings. The van der Waals surface area contributed by atoms with Crippen molar-refractivity contribution in [2.24, 2.45) is 7.05 Å². The molecule has 1 saturated heterocycles. The SMILES string of the molecule is COc1cc(-c2cc3n(C)c(C)c(CCC(=O)NC[C@@H]4CCCO4)c(=O)n3n2)cc(OC)c1OC. The third kappa shape index (κ3) is 4.84. The summed E-state index contributed by atoms with van der Waals surface area (Å²) in [5, 5.41) is 7.49. The van der Waals surface area contributed by atoms with Crippen LogP contribution in [0.5, 0.6) is 17.2 Å². The molecule has 10 nitrogen and oxygen atoms in total. The van der Waals surface area contributed by atoms with E-state index in [1.807, 2.05) is 24.6 Å². The fourth-order valence-corrected chi connectivity index (χ4v) is 4.43. The van der Waals surface area contributed by atoms with Gasteiger partial charge in [0, 0.05) is 49.5 Å². The minimum atomic E-state index is -0.235. The van der Waals surface area contributed by atoms with E-state index < -0.39 is 0 Å². The van der Waals surface area contributed by atoms with Crippen LogP contribution in [0.2, 0.25) is 0 Å². The van der Waals surface area contributed by atoms with Crippen molar-refractivity contribution >= 4 is 11.6 Å². The maximum Gasteiger partial charge on any atom is 0.277 e. The van der Waals surface area contributed by atoms with E-state index in [4.69, 9.17) is 18.9 Å². The highest BCUT2D eigenvalue weighted by Crippen LogP contribution is 2.41. The summed E-state index contributed by atoms with van der Waals surface area (Å²) in [6.45, 7) is 3.14. The molecule has 0 aliphatic carbocycles. The molecule has 1 aromatic carbocycles. The van der Waals surface area contributed by atoms with E-state index in [1.165, 1.54) is 4.52 Å². The lowest BCUT2D eigenvalue weighted by atomic mass is 10.1. The van der Waals surface area contributed by atoms with E-state index in [9.17, 15) is 9.59 Å². The topological polar surface area (TPSA) is 105 Å². The molecule has 1 fully saturated rings. The molecule has 35 heavy (non-hydrogen) atoms. The van der Waals surface area contributed by atoms with Crippen molar-refractivity contribution in [1.29, 1.82) is 0 Å². The van der Waals surface area contributed by atoms with Crippen LogP contribution >= 0.6 is 0 Å². The minimum Gasteiger partial charge on any atom is -0.493 e. The van der Waals surface area contributed by atoms with E-state index in [0.29, 0.717) is 47.1 Å². The highest BCUT2D eigenvalue weighted by Gasteiger charge is 2.20. The summed E-state index contributed by atoms with van der Waals surface area (Å²) in [7, 11) is 6.52. The summed E-state index contributed by atoms with van der Waals surface area (Å²) in [5.74, 6) is 1.38. The molecule has 1 N–H and O–H groups in total. The first-order valence-electron chi connectivity index (χ1n) is 11.6. The van der Waals surface area contributed by atoms with Crippen molar-refractivity contribution in [2.75, 3.05) is 34.5 Å². The number of aromatic nitrogens is 3. The number of benzene rings is 1. The number of fused-ring (bicyclic) bond motifs is 1. The molecule has 0 unspecified atom stereocenters. The predicted molar refractivity (Wildman–Crippen MR) is 131 cm³/mol. The lowest BCUT2D eigenvalue weighted by Crippen LogP contribution is -2.32. The Morgan fingerprint density at radius 2 is 1.89 bits per heavy atom. The van der Waals surface area contributed by atoms with Gasteiger partial charge in [0.25, 0.3) is 5.56 Å². The van der Waals surface area contributed by atoms with Gasteiger partial charge in [-0.2, -0.15) is 9.61 Å². The molecule has 10 heteroatoms. The van der Waals surface area contributed by atoms with Gasteiger partial charge >= 0.3 is 0 Å². The molecule has 1 amide bonds. The molecule has 0 bridgehead atoms. The Labute approximate surface area is 203 Å². The smallest absolute Gasteiger partial charge is 0.277 e. The molecule has 1 atom stereocenters. The summed E-state index contributed by atoms with van der Waals surface area (Å²) in [6.07, 6.45) is 2.62. The maximum atomic E-state index is 13.3. The molecular formula is C25H32N4O6. The molecule has 4 rings (SSSR count). The second-order valence-corrected chi connectivity index (χ2v) is 8.58. The number of rotatable bonds is 9. The van der Waals surface area contributed by atoms with Crippen LogP contribution in [0.25, 0.3) is 16.9 Å². The van der Waals surface area contributed by atoms with Gasteiger partial charge < -0.3 is 28.8 Å². The fraction of sp³-hybridized carbons (Fsp3) is 0.480. The van der Waals surface area contributed by atoms with Crippen molar-refractivity contribution in [3.05, 3.63) is 39.8 Å². The summed E-state index contributed by atoms with van der Waals surface area (Å²) >= 11 is 0. The van der Waals surface area contributed by atoms with Crippen molar-refractivity contribution in [1.82, 2.24) is 19.5 Å². The number of carbonyl (C=O) groups excluding carboxylic acids is 1. The van der Waals surface area contributed by atoms with Crippen LogP contribution in [0.15, 0.2) is 23.0 Å². The third-order valence-electron chi connectivity index (χ3n) is 6.54. The first kappa shape index (κ1) is 24.6. The van der Waals surface area contributed by atoms with E-state index >= 15 is 0 Å². The number of nitrogens with zero attached hydrogens (tertiary/aromatic N) is 3. The lowest BCUT2D eigenvalue weighted by Gasteiger charge is -2.13. The number of amides is 1. The second kappa shape index (κ2) is 10.4. The third-order valence-corrected chi connectivity index (χ3v) is 6.54. The quantitative estimate of drug-likeness (QED) is 0.497. The van der Waals surface area contributed by atoms with Gasteiger partial charge in [-0.15, -0.1) is 0 Å². The van der Waals surface area contributed by atoms with Crippen LogP contribution in [0.4, 0.5) is 0 Å².